The molecule has 0 spiro atoms. The minimum Gasteiger partial charge on any atom is -0.335 e. The van der Waals surface area contributed by atoms with E-state index in [9.17, 15) is 4.79 Å². The summed E-state index contributed by atoms with van der Waals surface area (Å²) in [6, 6.07) is 0.0347. The molecule has 0 aromatic rings. The number of carbonyl (C=O) groups excluding carboxylic acids is 1. The Hall–Kier alpha value is -0.210. The zero-order valence-corrected chi connectivity index (χ0v) is 9.77. The quantitative estimate of drug-likeness (QED) is 0.503. The summed E-state index contributed by atoms with van der Waals surface area (Å²) in [6.07, 6.45) is 0. The standard InChI is InChI=1S/C10H13Cl2NO/c1-5(2)9-8-7(10(8,11)12)4-13(9)6(3)14/h7-9H,1,4H2,2-3H3/t7-,8-,9+/m0/s1. The van der Waals surface area contributed by atoms with Crippen molar-refractivity contribution in [1.82, 2.24) is 4.90 Å². The second kappa shape index (κ2) is 2.89. The SMILES string of the molecule is C=C(C)[C@@H]1[C@@H]2[C@H](CN1C(C)=O)C2(Cl)Cl. The third-order valence-electron chi connectivity index (χ3n) is 3.24. The fourth-order valence-electron chi connectivity index (χ4n) is 2.50. The van der Waals surface area contributed by atoms with E-state index < -0.39 is 4.33 Å². The van der Waals surface area contributed by atoms with Gasteiger partial charge in [0, 0.05) is 25.3 Å². The van der Waals surface area contributed by atoms with Gasteiger partial charge in [-0.1, -0.05) is 12.2 Å². The summed E-state index contributed by atoms with van der Waals surface area (Å²) in [5, 5.41) is 0. The maximum Gasteiger partial charge on any atom is 0.219 e. The number of halogens is 2. The number of rotatable bonds is 1. The molecule has 4 heteroatoms. The van der Waals surface area contributed by atoms with E-state index in [0.29, 0.717) is 6.54 Å². The van der Waals surface area contributed by atoms with Gasteiger partial charge in [-0.2, -0.15) is 0 Å². The van der Waals surface area contributed by atoms with Crippen LogP contribution in [0.15, 0.2) is 12.2 Å². The maximum atomic E-state index is 11.3. The normalized spacial score (nSPS) is 38.0. The van der Waals surface area contributed by atoms with Gasteiger partial charge in [0.05, 0.1) is 6.04 Å². The number of likely N-dealkylation sites (tertiary alicyclic amines) is 1. The summed E-state index contributed by atoms with van der Waals surface area (Å²) in [6.45, 7) is 8.07. The molecule has 2 rings (SSSR count). The third kappa shape index (κ3) is 1.20. The summed E-state index contributed by atoms with van der Waals surface area (Å²) in [5.74, 6) is 0.498. The Morgan fingerprint density at radius 1 is 1.50 bits per heavy atom. The Morgan fingerprint density at radius 2 is 2.07 bits per heavy atom. The van der Waals surface area contributed by atoms with Gasteiger partial charge in [0.2, 0.25) is 5.91 Å². The van der Waals surface area contributed by atoms with E-state index in [1.54, 1.807) is 6.92 Å². The second-order valence-corrected chi connectivity index (χ2v) is 5.71. The summed E-state index contributed by atoms with van der Waals surface area (Å²) in [4.78, 5) is 13.2. The van der Waals surface area contributed by atoms with Crippen LogP contribution in [0.5, 0.6) is 0 Å². The minimum absolute atomic E-state index is 0.0347. The van der Waals surface area contributed by atoms with Crippen LogP contribution in [0, 0.1) is 11.8 Å². The van der Waals surface area contributed by atoms with E-state index in [4.69, 9.17) is 23.2 Å². The molecule has 14 heavy (non-hydrogen) atoms. The number of hydrogen-bond acceptors (Lipinski definition) is 1. The summed E-state index contributed by atoms with van der Waals surface area (Å²) in [5.41, 5.74) is 0.968. The highest BCUT2D eigenvalue weighted by Gasteiger charge is 2.71. The molecule has 0 N–H and O–H groups in total. The molecular formula is C10H13Cl2NO. The molecule has 1 amide bonds. The first-order valence-electron chi connectivity index (χ1n) is 4.67. The van der Waals surface area contributed by atoms with E-state index in [2.05, 4.69) is 6.58 Å². The first-order chi connectivity index (χ1) is 6.37. The Morgan fingerprint density at radius 3 is 2.50 bits per heavy atom. The number of piperidine rings is 1. The Kier molecular flexibility index (Phi) is 2.13. The molecule has 0 bridgehead atoms. The number of alkyl halides is 2. The zero-order valence-electron chi connectivity index (χ0n) is 8.26. The lowest BCUT2D eigenvalue weighted by molar-refractivity contribution is -0.129. The van der Waals surface area contributed by atoms with Crippen LogP contribution < -0.4 is 0 Å². The molecule has 0 aromatic heterocycles. The Labute approximate surface area is 93.9 Å². The van der Waals surface area contributed by atoms with Crippen LogP contribution in [0.1, 0.15) is 13.8 Å². The third-order valence-corrected chi connectivity index (χ3v) is 4.31. The van der Waals surface area contributed by atoms with E-state index in [0.717, 1.165) is 5.57 Å². The summed E-state index contributed by atoms with van der Waals surface area (Å²) < 4.78 is -0.629. The topological polar surface area (TPSA) is 20.3 Å². The van der Waals surface area contributed by atoms with Crippen molar-refractivity contribution in [3.8, 4) is 0 Å². The van der Waals surface area contributed by atoms with Crippen molar-refractivity contribution in [3.63, 3.8) is 0 Å². The van der Waals surface area contributed by atoms with Crippen LogP contribution in [0.3, 0.4) is 0 Å². The number of hydrogen-bond donors (Lipinski definition) is 0. The highest BCUT2D eigenvalue weighted by atomic mass is 35.5. The molecule has 2 nitrogen and oxygen atoms in total. The van der Waals surface area contributed by atoms with E-state index in [1.807, 2.05) is 11.8 Å². The van der Waals surface area contributed by atoms with Gasteiger partial charge in [-0.25, -0.2) is 0 Å². The lowest BCUT2D eigenvalue weighted by Crippen LogP contribution is -2.40. The van der Waals surface area contributed by atoms with E-state index in [-0.39, 0.29) is 23.8 Å². The average molecular weight is 234 g/mol. The highest BCUT2D eigenvalue weighted by Crippen LogP contribution is 2.66. The summed E-state index contributed by atoms with van der Waals surface area (Å²) in [7, 11) is 0. The molecule has 1 aliphatic carbocycles. The van der Waals surface area contributed by atoms with Gasteiger partial charge < -0.3 is 4.90 Å². The van der Waals surface area contributed by atoms with Gasteiger partial charge in [-0.05, 0) is 6.92 Å². The van der Waals surface area contributed by atoms with Crippen LogP contribution >= 0.6 is 23.2 Å². The van der Waals surface area contributed by atoms with Crippen LogP contribution in [-0.4, -0.2) is 27.7 Å². The Balaban J connectivity index is 2.23. The molecule has 3 atom stereocenters. The van der Waals surface area contributed by atoms with E-state index in [1.165, 1.54) is 0 Å². The van der Waals surface area contributed by atoms with Gasteiger partial charge in [0.1, 0.15) is 4.33 Å². The maximum absolute atomic E-state index is 11.3. The Bertz CT molecular complexity index is 313. The number of nitrogens with zero attached hydrogens (tertiary/aromatic N) is 1. The molecule has 0 unspecified atom stereocenters. The first kappa shape index (κ1) is 10.3. The smallest absolute Gasteiger partial charge is 0.219 e. The fourth-order valence-corrected chi connectivity index (χ4v) is 3.32. The molecule has 2 fully saturated rings. The van der Waals surface area contributed by atoms with Crippen molar-refractivity contribution >= 4 is 29.1 Å². The minimum atomic E-state index is -0.629. The molecule has 1 saturated heterocycles. The predicted octanol–water partition coefficient (Wildman–Crippen LogP) is 2.21. The fraction of sp³-hybridized carbons (Fsp3) is 0.700. The molecule has 1 aliphatic heterocycles. The summed E-state index contributed by atoms with van der Waals surface area (Å²) >= 11 is 12.2. The predicted molar refractivity (Wildman–Crippen MR) is 57.4 cm³/mol. The molecule has 1 saturated carbocycles. The highest BCUT2D eigenvalue weighted by molar-refractivity contribution is 6.51. The lowest BCUT2D eigenvalue weighted by atomic mass is 10.1. The molecule has 0 aromatic carbocycles. The average Bonchev–Trinajstić information content (AvgIpc) is 2.47. The molecule has 0 radical (unpaired) electrons. The first-order valence-corrected chi connectivity index (χ1v) is 5.43. The van der Waals surface area contributed by atoms with Gasteiger partial charge in [0.15, 0.2) is 0 Å². The van der Waals surface area contributed by atoms with Gasteiger partial charge in [-0.15, -0.1) is 23.2 Å². The number of amides is 1. The van der Waals surface area contributed by atoms with Crippen LogP contribution in [0.4, 0.5) is 0 Å². The zero-order chi connectivity index (χ0) is 10.7. The molecule has 1 heterocycles. The van der Waals surface area contributed by atoms with Crippen LogP contribution in [-0.2, 0) is 4.79 Å². The number of carbonyl (C=O) groups is 1. The van der Waals surface area contributed by atoms with Crippen molar-refractivity contribution in [1.29, 1.82) is 0 Å². The molecular weight excluding hydrogens is 221 g/mol. The van der Waals surface area contributed by atoms with Crippen LogP contribution in [0.2, 0.25) is 0 Å². The van der Waals surface area contributed by atoms with Crippen molar-refractivity contribution in [2.75, 3.05) is 6.54 Å². The largest absolute Gasteiger partial charge is 0.335 e. The molecule has 2 aliphatic rings. The van der Waals surface area contributed by atoms with Gasteiger partial charge in [0.25, 0.3) is 0 Å². The van der Waals surface area contributed by atoms with Crippen molar-refractivity contribution < 1.29 is 4.79 Å². The molecule has 78 valence electrons. The van der Waals surface area contributed by atoms with Gasteiger partial charge >= 0.3 is 0 Å². The van der Waals surface area contributed by atoms with Crippen molar-refractivity contribution in [2.24, 2.45) is 11.8 Å². The van der Waals surface area contributed by atoms with E-state index >= 15 is 0 Å². The number of fused-ring (bicyclic) bond motifs is 1. The van der Waals surface area contributed by atoms with Gasteiger partial charge in [-0.3, -0.25) is 4.79 Å². The monoisotopic (exact) mass is 233 g/mol. The lowest BCUT2D eigenvalue weighted by Gasteiger charge is -2.29. The van der Waals surface area contributed by atoms with Crippen molar-refractivity contribution in [2.45, 2.75) is 24.2 Å². The second-order valence-electron chi connectivity index (χ2n) is 4.27. The van der Waals surface area contributed by atoms with Crippen molar-refractivity contribution in [3.05, 3.63) is 12.2 Å². The van der Waals surface area contributed by atoms with Crippen LogP contribution in [0.25, 0.3) is 0 Å².